The third kappa shape index (κ3) is 3.50. The van der Waals surface area contributed by atoms with Crippen LogP contribution in [0.15, 0.2) is 34.1 Å². The minimum Gasteiger partial charge on any atom is -0.488 e. The van der Waals surface area contributed by atoms with E-state index < -0.39 is 0 Å². The molecule has 4 heteroatoms. The van der Waals surface area contributed by atoms with Crippen LogP contribution in [0.25, 0.3) is 0 Å². The maximum Gasteiger partial charge on any atom is 0.124 e. The van der Waals surface area contributed by atoms with Crippen molar-refractivity contribution >= 4 is 27.3 Å². The quantitative estimate of drug-likeness (QED) is 0.797. The van der Waals surface area contributed by atoms with Crippen LogP contribution in [0, 0.1) is 0 Å². The summed E-state index contributed by atoms with van der Waals surface area (Å²) in [7, 11) is 0. The summed E-state index contributed by atoms with van der Waals surface area (Å²) in [6.45, 7) is 3.83. The molecule has 1 aliphatic rings. The van der Waals surface area contributed by atoms with Crippen LogP contribution in [0.5, 0.6) is 5.75 Å². The van der Waals surface area contributed by atoms with Gasteiger partial charge in [-0.15, -0.1) is 11.3 Å². The summed E-state index contributed by atoms with van der Waals surface area (Å²) in [5.41, 5.74) is 2.89. The van der Waals surface area contributed by atoms with Gasteiger partial charge in [0, 0.05) is 10.5 Å². The van der Waals surface area contributed by atoms with E-state index in [1.807, 2.05) is 0 Å². The van der Waals surface area contributed by atoms with Gasteiger partial charge in [-0.25, -0.2) is 0 Å². The van der Waals surface area contributed by atoms with E-state index in [1.165, 1.54) is 28.8 Å². The van der Waals surface area contributed by atoms with E-state index in [2.05, 4.69) is 57.8 Å². The maximum absolute atomic E-state index is 5.95. The number of fused-ring (bicyclic) bond motifs is 1. The van der Waals surface area contributed by atoms with E-state index in [1.54, 1.807) is 11.3 Å². The summed E-state index contributed by atoms with van der Waals surface area (Å²) in [4.78, 5) is 1.23. The Morgan fingerprint density at radius 3 is 3.05 bits per heavy atom. The van der Waals surface area contributed by atoms with Gasteiger partial charge in [0.25, 0.3) is 0 Å². The van der Waals surface area contributed by atoms with Crippen LogP contribution in [0.2, 0.25) is 0 Å². The first-order valence-corrected chi connectivity index (χ1v) is 9.16. The summed E-state index contributed by atoms with van der Waals surface area (Å²) in [6, 6.07) is 9.15. The number of rotatable bonds is 5. The van der Waals surface area contributed by atoms with Gasteiger partial charge in [0.15, 0.2) is 0 Å². The topological polar surface area (TPSA) is 21.3 Å². The molecule has 0 saturated heterocycles. The SMILES string of the molecule is CCNC1CCCc2cc(OCc3sccc3Br)ccc21. The lowest BCUT2D eigenvalue weighted by Crippen LogP contribution is -2.24. The fraction of sp³-hybridized carbons (Fsp3) is 0.412. The summed E-state index contributed by atoms with van der Waals surface area (Å²) in [6.07, 6.45) is 3.66. The third-order valence-electron chi connectivity index (χ3n) is 3.94. The number of hydrogen-bond acceptors (Lipinski definition) is 3. The molecule has 21 heavy (non-hydrogen) atoms. The average Bonchev–Trinajstić information content (AvgIpc) is 2.91. The molecule has 2 nitrogen and oxygen atoms in total. The Morgan fingerprint density at radius 2 is 2.29 bits per heavy atom. The van der Waals surface area contributed by atoms with Gasteiger partial charge < -0.3 is 10.1 Å². The summed E-state index contributed by atoms with van der Waals surface area (Å²) >= 11 is 5.27. The molecule has 0 aliphatic heterocycles. The molecule has 0 amide bonds. The lowest BCUT2D eigenvalue weighted by Gasteiger charge is -2.26. The largest absolute Gasteiger partial charge is 0.488 e. The Hall–Kier alpha value is -0.840. The molecular formula is C17H20BrNOS. The highest BCUT2D eigenvalue weighted by atomic mass is 79.9. The summed E-state index contributed by atoms with van der Waals surface area (Å²) < 4.78 is 7.09. The molecule has 1 unspecified atom stereocenters. The van der Waals surface area contributed by atoms with Crippen LogP contribution in [-0.4, -0.2) is 6.54 Å². The molecule has 1 aromatic carbocycles. The number of nitrogens with one attached hydrogen (secondary N) is 1. The highest BCUT2D eigenvalue weighted by molar-refractivity contribution is 9.10. The van der Waals surface area contributed by atoms with Gasteiger partial charge in [-0.05, 0) is 76.4 Å². The number of aryl methyl sites for hydroxylation is 1. The molecule has 0 bridgehead atoms. The van der Waals surface area contributed by atoms with E-state index in [0.717, 1.165) is 23.2 Å². The van der Waals surface area contributed by atoms with Gasteiger partial charge >= 0.3 is 0 Å². The second-order valence-corrected chi connectivity index (χ2v) is 7.20. The second kappa shape index (κ2) is 6.95. The van der Waals surface area contributed by atoms with Crippen LogP contribution in [-0.2, 0) is 13.0 Å². The first-order valence-electron chi connectivity index (χ1n) is 7.49. The first-order chi connectivity index (χ1) is 10.3. The number of halogens is 1. The molecule has 1 aliphatic carbocycles. The highest BCUT2D eigenvalue weighted by Gasteiger charge is 2.19. The summed E-state index contributed by atoms with van der Waals surface area (Å²) in [5.74, 6) is 0.978. The van der Waals surface area contributed by atoms with Crippen LogP contribution < -0.4 is 10.1 Å². The van der Waals surface area contributed by atoms with Gasteiger partial charge in [0.2, 0.25) is 0 Å². The van der Waals surface area contributed by atoms with Crippen molar-refractivity contribution < 1.29 is 4.74 Å². The zero-order chi connectivity index (χ0) is 14.7. The predicted octanol–water partition coefficient (Wildman–Crippen LogP) is 5.08. The van der Waals surface area contributed by atoms with Gasteiger partial charge in [-0.1, -0.05) is 13.0 Å². The van der Waals surface area contributed by atoms with E-state index in [-0.39, 0.29) is 0 Å². The molecule has 0 fully saturated rings. The van der Waals surface area contributed by atoms with Crippen LogP contribution >= 0.6 is 27.3 Å². The molecule has 0 saturated carbocycles. The van der Waals surface area contributed by atoms with Crippen molar-refractivity contribution in [3.63, 3.8) is 0 Å². The molecule has 1 atom stereocenters. The van der Waals surface area contributed by atoms with Crippen LogP contribution in [0.3, 0.4) is 0 Å². The Balaban J connectivity index is 1.72. The lowest BCUT2D eigenvalue weighted by molar-refractivity contribution is 0.308. The predicted molar refractivity (Wildman–Crippen MR) is 92.1 cm³/mol. The minimum absolute atomic E-state index is 0.513. The minimum atomic E-state index is 0.513. The standard InChI is InChI=1S/C17H20BrNOS/c1-2-19-16-5-3-4-12-10-13(6-7-14(12)16)20-11-17-15(18)8-9-21-17/h6-10,16,19H,2-5,11H2,1H3. The molecule has 2 aromatic rings. The normalized spacial score (nSPS) is 17.5. The fourth-order valence-corrected chi connectivity index (χ4v) is 4.29. The van der Waals surface area contributed by atoms with E-state index in [0.29, 0.717) is 12.6 Å². The van der Waals surface area contributed by atoms with E-state index >= 15 is 0 Å². The number of hydrogen-bond donors (Lipinski definition) is 1. The number of benzene rings is 1. The molecule has 3 rings (SSSR count). The Morgan fingerprint density at radius 1 is 1.38 bits per heavy atom. The molecule has 1 N–H and O–H groups in total. The average molecular weight is 366 g/mol. The highest BCUT2D eigenvalue weighted by Crippen LogP contribution is 2.32. The van der Waals surface area contributed by atoms with Crippen molar-refractivity contribution in [2.45, 2.75) is 38.8 Å². The lowest BCUT2D eigenvalue weighted by atomic mass is 9.87. The van der Waals surface area contributed by atoms with Crippen molar-refractivity contribution in [3.05, 3.63) is 50.1 Å². The van der Waals surface area contributed by atoms with Gasteiger partial charge in [0.1, 0.15) is 12.4 Å². The smallest absolute Gasteiger partial charge is 0.124 e. The molecule has 1 heterocycles. The van der Waals surface area contributed by atoms with Crippen molar-refractivity contribution in [1.29, 1.82) is 0 Å². The van der Waals surface area contributed by atoms with Crippen molar-refractivity contribution in [2.75, 3.05) is 6.54 Å². The van der Waals surface area contributed by atoms with Crippen LogP contribution in [0.4, 0.5) is 0 Å². The monoisotopic (exact) mass is 365 g/mol. The zero-order valence-electron chi connectivity index (χ0n) is 12.2. The van der Waals surface area contributed by atoms with Crippen LogP contribution in [0.1, 0.15) is 41.8 Å². The van der Waals surface area contributed by atoms with Gasteiger partial charge in [-0.3, -0.25) is 0 Å². The van der Waals surface area contributed by atoms with Crippen molar-refractivity contribution in [2.24, 2.45) is 0 Å². The third-order valence-corrected chi connectivity index (χ3v) is 5.84. The van der Waals surface area contributed by atoms with E-state index in [4.69, 9.17) is 4.74 Å². The zero-order valence-corrected chi connectivity index (χ0v) is 14.6. The Labute approximate surface area is 138 Å². The Kier molecular flexibility index (Phi) is 4.99. The second-order valence-electron chi connectivity index (χ2n) is 5.34. The summed E-state index contributed by atoms with van der Waals surface area (Å²) in [5, 5.41) is 5.66. The molecule has 0 spiro atoms. The first kappa shape index (κ1) is 15.1. The van der Waals surface area contributed by atoms with Gasteiger partial charge in [0.05, 0.1) is 4.88 Å². The molecular weight excluding hydrogens is 346 g/mol. The molecule has 112 valence electrons. The Bertz CT molecular complexity index is 611. The molecule has 1 aromatic heterocycles. The number of ether oxygens (including phenoxy) is 1. The van der Waals surface area contributed by atoms with E-state index in [9.17, 15) is 0 Å². The van der Waals surface area contributed by atoms with Gasteiger partial charge in [-0.2, -0.15) is 0 Å². The van der Waals surface area contributed by atoms with Crippen molar-refractivity contribution in [3.8, 4) is 5.75 Å². The maximum atomic E-state index is 5.95. The fourth-order valence-electron chi connectivity index (χ4n) is 2.92. The number of thiophene rings is 1. The van der Waals surface area contributed by atoms with Crippen molar-refractivity contribution in [1.82, 2.24) is 5.32 Å². The molecule has 0 radical (unpaired) electrons.